The molecule has 1 heterocycles. The Hall–Kier alpha value is -0.0800. The van der Waals surface area contributed by atoms with Crippen molar-refractivity contribution in [2.45, 2.75) is 19.4 Å². The van der Waals surface area contributed by atoms with Crippen LogP contribution in [0.4, 0.5) is 0 Å². The normalized spacial score (nSPS) is 31.9. The summed E-state index contributed by atoms with van der Waals surface area (Å²) in [4.78, 5) is 0. The van der Waals surface area contributed by atoms with Gasteiger partial charge >= 0.3 is 0 Å². The lowest BCUT2D eigenvalue weighted by atomic mass is 10.2. The Morgan fingerprint density at radius 2 is 2.38 bits per heavy atom. The molecule has 1 unspecified atom stereocenters. The first-order chi connectivity index (χ1) is 3.89. The lowest BCUT2D eigenvalue weighted by Crippen LogP contribution is -2.26. The molecule has 1 rings (SSSR count). The molecule has 1 atom stereocenters. The Labute approximate surface area is 50.7 Å². The van der Waals surface area contributed by atoms with E-state index < -0.39 is 0 Å². The highest BCUT2D eigenvalue weighted by Gasteiger charge is 2.03. The summed E-state index contributed by atoms with van der Waals surface area (Å²) in [6, 6.07) is 0.682. The zero-order chi connectivity index (χ0) is 5.82. The molecule has 47 valence electrons. The highest BCUT2D eigenvalue weighted by molar-refractivity contribution is 4.66. The van der Waals surface area contributed by atoms with Crippen LogP contribution in [0.3, 0.4) is 0 Å². The molecule has 2 nitrogen and oxygen atoms in total. The molecule has 2 heteroatoms. The van der Waals surface area contributed by atoms with Crippen molar-refractivity contribution in [2.24, 2.45) is 0 Å². The molecular weight excluding hydrogens is 100 g/mol. The van der Waals surface area contributed by atoms with E-state index >= 15 is 0 Å². The van der Waals surface area contributed by atoms with Crippen molar-refractivity contribution < 1.29 is 0 Å². The fourth-order valence-electron chi connectivity index (χ4n) is 0.889. The zero-order valence-electron chi connectivity index (χ0n) is 5.35. The third kappa shape index (κ3) is 1.80. The predicted molar refractivity (Wildman–Crippen MR) is 33.9 cm³/mol. The number of hydrogen-bond acceptors (Lipinski definition) is 1. The Morgan fingerprint density at radius 1 is 1.50 bits per heavy atom. The molecule has 0 spiro atoms. The molecular formula is C6H13N2. The van der Waals surface area contributed by atoms with Gasteiger partial charge in [0.1, 0.15) is 0 Å². The Bertz CT molecular complexity index is 55.5. The van der Waals surface area contributed by atoms with Gasteiger partial charge in [-0.3, -0.25) is 0 Å². The molecule has 0 aliphatic carbocycles. The summed E-state index contributed by atoms with van der Waals surface area (Å²) in [6.07, 6.45) is 1.21. The van der Waals surface area contributed by atoms with E-state index in [4.69, 9.17) is 0 Å². The summed E-state index contributed by atoms with van der Waals surface area (Å²) in [5.74, 6) is 0. The van der Waals surface area contributed by atoms with Crippen LogP contribution in [0.15, 0.2) is 0 Å². The van der Waals surface area contributed by atoms with Gasteiger partial charge in [-0.25, -0.2) is 5.32 Å². The minimum absolute atomic E-state index is 0.682. The van der Waals surface area contributed by atoms with Gasteiger partial charge < -0.3 is 5.32 Å². The van der Waals surface area contributed by atoms with E-state index in [0.29, 0.717) is 6.04 Å². The van der Waals surface area contributed by atoms with Crippen LogP contribution in [0.2, 0.25) is 0 Å². The van der Waals surface area contributed by atoms with Gasteiger partial charge in [0.2, 0.25) is 0 Å². The zero-order valence-corrected chi connectivity index (χ0v) is 5.35. The molecule has 1 radical (unpaired) electrons. The summed E-state index contributed by atoms with van der Waals surface area (Å²) in [7, 11) is 0. The van der Waals surface area contributed by atoms with E-state index in [9.17, 15) is 0 Å². The maximum atomic E-state index is 4.26. The third-order valence-corrected chi connectivity index (χ3v) is 1.48. The lowest BCUT2D eigenvalue weighted by Gasteiger charge is -2.05. The van der Waals surface area contributed by atoms with Gasteiger partial charge in [0.05, 0.1) is 0 Å². The summed E-state index contributed by atoms with van der Waals surface area (Å²) in [5.41, 5.74) is 0. The van der Waals surface area contributed by atoms with Gasteiger partial charge in [-0.1, -0.05) is 0 Å². The van der Waals surface area contributed by atoms with Crippen molar-refractivity contribution in [3.05, 3.63) is 0 Å². The van der Waals surface area contributed by atoms with Gasteiger partial charge in [-0.15, -0.1) is 0 Å². The molecule has 1 N–H and O–H groups in total. The monoisotopic (exact) mass is 113 g/mol. The van der Waals surface area contributed by atoms with Crippen LogP contribution >= 0.6 is 0 Å². The van der Waals surface area contributed by atoms with Crippen LogP contribution < -0.4 is 10.6 Å². The quantitative estimate of drug-likeness (QED) is 0.469. The first-order valence-corrected chi connectivity index (χ1v) is 3.26. The third-order valence-electron chi connectivity index (χ3n) is 1.48. The summed E-state index contributed by atoms with van der Waals surface area (Å²) in [6.45, 7) is 5.33. The summed E-state index contributed by atoms with van der Waals surface area (Å²) >= 11 is 0. The number of hydrogen-bond donors (Lipinski definition) is 1. The van der Waals surface area contributed by atoms with Crippen molar-refractivity contribution in [1.29, 1.82) is 0 Å². The molecule has 0 bridgehead atoms. The van der Waals surface area contributed by atoms with Gasteiger partial charge in [0, 0.05) is 25.7 Å². The summed E-state index contributed by atoms with van der Waals surface area (Å²) in [5, 5.41) is 7.61. The smallest absolute Gasteiger partial charge is 0.0258 e. The van der Waals surface area contributed by atoms with Crippen molar-refractivity contribution in [2.75, 3.05) is 19.6 Å². The maximum Gasteiger partial charge on any atom is 0.0258 e. The van der Waals surface area contributed by atoms with Crippen LogP contribution in [0.25, 0.3) is 0 Å². The highest BCUT2D eigenvalue weighted by Crippen LogP contribution is 1.90. The molecule has 1 fully saturated rings. The number of rotatable bonds is 0. The molecule has 0 aromatic heterocycles. The molecule has 0 amide bonds. The van der Waals surface area contributed by atoms with Crippen LogP contribution in [0.1, 0.15) is 13.3 Å². The van der Waals surface area contributed by atoms with Crippen LogP contribution in [0, 0.1) is 0 Å². The number of nitrogens with zero attached hydrogens (tertiary/aromatic N) is 1. The second-order valence-corrected chi connectivity index (χ2v) is 2.31. The van der Waals surface area contributed by atoms with Gasteiger partial charge in [0.15, 0.2) is 0 Å². The Morgan fingerprint density at radius 3 is 3.25 bits per heavy atom. The van der Waals surface area contributed by atoms with Crippen LogP contribution in [0.5, 0.6) is 0 Å². The van der Waals surface area contributed by atoms with Crippen molar-refractivity contribution in [3.63, 3.8) is 0 Å². The van der Waals surface area contributed by atoms with E-state index in [1.807, 2.05) is 0 Å². The maximum absolute atomic E-state index is 4.26. The van der Waals surface area contributed by atoms with Gasteiger partial charge in [0.25, 0.3) is 0 Å². The first kappa shape index (κ1) is 6.05. The minimum Gasteiger partial charge on any atom is -0.313 e. The largest absolute Gasteiger partial charge is 0.313 e. The minimum atomic E-state index is 0.682. The standard InChI is InChI=1S/C6H13N2/c1-6-2-3-7-4-5-8-6/h6,8H,2-5H2,1H3. The van der Waals surface area contributed by atoms with E-state index in [-0.39, 0.29) is 0 Å². The SMILES string of the molecule is CC1CC[N]CCN1. The van der Waals surface area contributed by atoms with Gasteiger partial charge in [-0.05, 0) is 13.3 Å². The molecule has 1 aliphatic rings. The lowest BCUT2D eigenvalue weighted by molar-refractivity contribution is 0.565. The highest BCUT2D eigenvalue weighted by atomic mass is 15.0. The second kappa shape index (κ2) is 3.05. The average molecular weight is 113 g/mol. The van der Waals surface area contributed by atoms with Crippen LogP contribution in [-0.2, 0) is 0 Å². The van der Waals surface area contributed by atoms with E-state index in [0.717, 1.165) is 19.6 Å². The second-order valence-electron chi connectivity index (χ2n) is 2.31. The topological polar surface area (TPSA) is 26.1 Å². The van der Waals surface area contributed by atoms with E-state index in [2.05, 4.69) is 17.6 Å². The Kier molecular flexibility index (Phi) is 2.30. The van der Waals surface area contributed by atoms with Crippen LogP contribution in [-0.4, -0.2) is 25.7 Å². The average Bonchev–Trinajstić information content (AvgIpc) is 1.94. The van der Waals surface area contributed by atoms with Crippen molar-refractivity contribution in [1.82, 2.24) is 10.6 Å². The molecule has 8 heavy (non-hydrogen) atoms. The van der Waals surface area contributed by atoms with E-state index in [1.54, 1.807) is 0 Å². The molecule has 0 aromatic rings. The molecule has 1 saturated heterocycles. The van der Waals surface area contributed by atoms with E-state index in [1.165, 1.54) is 6.42 Å². The predicted octanol–water partition coefficient (Wildman–Crippen LogP) is -0.0274. The number of nitrogens with one attached hydrogen (secondary N) is 1. The summed E-state index contributed by atoms with van der Waals surface area (Å²) < 4.78 is 0. The molecule has 0 aromatic carbocycles. The molecule has 0 saturated carbocycles. The van der Waals surface area contributed by atoms with Crippen molar-refractivity contribution in [3.8, 4) is 0 Å². The van der Waals surface area contributed by atoms with Crippen molar-refractivity contribution >= 4 is 0 Å². The first-order valence-electron chi connectivity index (χ1n) is 3.26. The van der Waals surface area contributed by atoms with Gasteiger partial charge in [-0.2, -0.15) is 0 Å². The Balaban J connectivity index is 2.17. The fourth-order valence-corrected chi connectivity index (χ4v) is 0.889. The fraction of sp³-hybridized carbons (Fsp3) is 1.00. The molecule has 1 aliphatic heterocycles.